The van der Waals surface area contributed by atoms with E-state index in [-0.39, 0.29) is 6.54 Å². The number of hydrazone groups is 1. The summed E-state index contributed by atoms with van der Waals surface area (Å²) in [5, 5.41) is 4.02. The van der Waals surface area contributed by atoms with E-state index in [2.05, 4.69) is 33.0 Å². The average molecular weight is 572 g/mol. The van der Waals surface area contributed by atoms with Crippen LogP contribution in [0.3, 0.4) is 0 Å². The van der Waals surface area contributed by atoms with Gasteiger partial charge in [-0.05, 0) is 63.5 Å². The number of halogens is 1. The Kier molecular flexibility index (Phi) is 9.26. The predicted molar refractivity (Wildman–Crippen MR) is 145 cm³/mol. The van der Waals surface area contributed by atoms with Crippen molar-refractivity contribution in [2.24, 2.45) is 5.10 Å². The fourth-order valence-electron chi connectivity index (χ4n) is 3.25. The molecule has 0 saturated heterocycles. The van der Waals surface area contributed by atoms with E-state index in [0.29, 0.717) is 39.4 Å². The van der Waals surface area contributed by atoms with Gasteiger partial charge in [0.1, 0.15) is 6.61 Å². The van der Waals surface area contributed by atoms with E-state index in [4.69, 9.17) is 9.47 Å². The minimum Gasteiger partial charge on any atom is -0.493 e. The summed E-state index contributed by atoms with van der Waals surface area (Å²) in [6, 6.07) is 19.0. The first-order chi connectivity index (χ1) is 17.2. The minimum atomic E-state index is -3.49. The lowest BCUT2D eigenvalue weighted by atomic mass is 10.1. The van der Waals surface area contributed by atoms with Gasteiger partial charge in [-0.2, -0.15) is 5.10 Å². The predicted octanol–water partition coefficient (Wildman–Crippen LogP) is 4.75. The van der Waals surface area contributed by atoms with Crippen LogP contribution in [0.2, 0.25) is 0 Å². The minimum absolute atomic E-state index is 0.145. The summed E-state index contributed by atoms with van der Waals surface area (Å²) < 4.78 is 37.5. The lowest BCUT2D eigenvalue weighted by molar-refractivity contribution is 0.0955. The number of nitrogens with zero attached hydrogens (tertiary/aromatic N) is 2. The molecule has 0 unspecified atom stereocenters. The lowest BCUT2D eigenvalue weighted by Crippen LogP contribution is -2.29. The van der Waals surface area contributed by atoms with Crippen LogP contribution in [0.5, 0.6) is 11.5 Å². The van der Waals surface area contributed by atoms with Crippen molar-refractivity contribution in [2.45, 2.75) is 6.54 Å². The Labute approximate surface area is 219 Å². The summed E-state index contributed by atoms with van der Waals surface area (Å²) in [5.74, 6) is 0.645. The molecule has 0 fully saturated rings. The van der Waals surface area contributed by atoms with Gasteiger partial charge in [0.25, 0.3) is 5.91 Å². The number of rotatable bonds is 11. The van der Waals surface area contributed by atoms with Gasteiger partial charge in [-0.1, -0.05) is 43.0 Å². The van der Waals surface area contributed by atoms with Crippen LogP contribution >= 0.6 is 15.9 Å². The van der Waals surface area contributed by atoms with Crippen molar-refractivity contribution in [3.63, 3.8) is 0 Å². The molecule has 0 bridgehead atoms. The van der Waals surface area contributed by atoms with E-state index in [1.165, 1.54) is 17.6 Å². The van der Waals surface area contributed by atoms with Gasteiger partial charge in [-0.15, -0.1) is 0 Å². The van der Waals surface area contributed by atoms with Crippen molar-refractivity contribution in [1.82, 2.24) is 5.43 Å². The number of methoxy groups -OCH3 is 1. The van der Waals surface area contributed by atoms with Gasteiger partial charge in [0.05, 0.1) is 36.3 Å². The summed E-state index contributed by atoms with van der Waals surface area (Å²) in [5.41, 5.74) is 4.86. The summed E-state index contributed by atoms with van der Waals surface area (Å²) in [6.07, 6.45) is 4.28. The molecule has 0 spiro atoms. The third-order valence-electron chi connectivity index (χ3n) is 4.96. The fourth-order valence-corrected chi connectivity index (χ4v) is 4.71. The first-order valence-electron chi connectivity index (χ1n) is 10.8. The lowest BCUT2D eigenvalue weighted by Gasteiger charge is -2.22. The third kappa shape index (κ3) is 7.19. The molecule has 36 heavy (non-hydrogen) atoms. The number of amides is 1. The highest BCUT2D eigenvalue weighted by atomic mass is 79.9. The van der Waals surface area contributed by atoms with E-state index < -0.39 is 15.9 Å². The van der Waals surface area contributed by atoms with E-state index in [9.17, 15) is 13.2 Å². The smallest absolute Gasteiger partial charge is 0.271 e. The summed E-state index contributed by atoms with van der Waals surface area (Å²) in [6.45, 7) is 4.11. The van der Waals surface area contributed by atoms with Crippen LogP contribution in [0, 0.1) is 0 Å². The van der Waals surface area contributed by atoms with Gasteiger partial charge >= 0.3 is 0 Å². The molecule has 188 valence electrons. The molecule has 0 aromatic heterocycles. The molecule has 0 aliphatic carbocycles. The second-order valence-electron chi connectivity index (χ2n) is 7.64. The Morgan fingerprint density at radius 3 is 2.44 bits per heavy atom. The SMILES string of the molecule is C=CCOc1c(Br)cc(/C=N\NC(=O)c2ccc(CN(c3ccccc3)S(C)(=O)=O)cc2)cc1OC. The summed E-state index contributed by atoms with van der Waals surface area (Å²) in [7, 11) is -1.95. The Balaban J connectivity index is 1.67. The molecular weight excluding hydrogens is 546 g/mol. The van der Waals surface area contributed by atoms with Crippen molar-refractivity contribution >= 4 is 43.8 Å². The number of carbonyl (C=O) groups excluding carboxylic acids is 1. The van der Waals surface area contributed by atoms with Gasteiger partial charge in [-0.25, -0.2) is 13.8 Å². The monoisotopic (exact) mass is 571 g/mol. The number of anilines is 1. The highest BCUT2D eigenvalue weighted by Gasteiger charge is 2.18. The first kappa shape index (κ1) is 27.0. The van der Waals surface area contributed by atoms with Gasteiger partial charge in [0, 0.05) is 5.56 Å². The van der Waals surface area contributed by atoms with Crippen molar-refractivity contribution in [3.8, 4) is 11.5 Å². The van der Waals surface area contributed by atoms with Crippen LogP contribution in [-0.2, 0) is 16.6 Å². The largest absolute Gasteiger partial charge is 0.493 e. The van der Waals surface area contributed by atoms with Crippen LogP contribution in [0.1, 0.15) is 21.5 Å². The zero-order valence-electron chi connectivity index (χ0n) is 19.8. The standard InChI is InChI=1S/C26H26BrN3O5S/c1-4-14-35-25-23(27)15-20(16-24(25)34-2)17-28-29-26(31)21-12-10-19(11-13-21)18-30(36(3,32)33)22-8-6-5-7-9-22/h4-13,15-17H,1,14,18H2,2-3H3,(H,29,31)/b28-17-. The molecule has 0 aliphatic rings. The number of ether oxygens (including phenoxy) is 2. The normalized spacial score (nSPS) is 11.2. The van der Waals surface area contributed by atoms with Gasteiger partial charge in [0.15, 0.2) is 11.5 Å². The molecule has 3 aromatic carbocycles. The molecule has 0 radical (unpaired) electrons. The van der Waals surface area contributed by atoms with E-state index in [0.717, 1.165) is 11.8 Å². The summed E-state index contributed by atoms with van der Waals surface area (Å²) in [4.78, 5) is 12.5. The van der Waals surface area contributed by atoms with Crippen LogP contribution in [-0.4, -0.2) is 40.5 Å². The highest BCUT2D eigenvalue weighted by molar-refractivity contribution is 9.10. The third-order valence-corrected chi connectivity index (χ3v) is 6.69. The van der Waals surface area contributed by atoms with Crippen molar-refractivity contribution in [3.05, 3.63) is 101 Å². The van der Waals surface area contributed by atoms with Crippen molar-refractivity contribution < 1.29 is 22.7 Å². The highest BCUT2D eigenvalue weighted by Crippen LogP contribution is 2.36. The molecule has 0 atom stereocenters. The van der Waals surface area contributed by atoms with Gasteiger partial charge < -0.3 is 9.47 Å². The van der Waals surface area contributed by atoms with Crippen LogP contribution < -0.4 is 19.2 Å². The number of hydrogen-bond donors (Lipinski definition) is 1. The van der Waals surface area contributed by atoms with E-state index in [1.54, 1.807) is 66.7 Å². The Morgan fingerprint density at radius 1 is 1.14 bits per heavy atom. The van der Waals surface area contributed by atoms with Crippen LogP contribution in [0.25, 0.3) is 0 Å². The number of carbonyl (C=O) groups is 1. The molecule has 0 saturated carbocycles. The quantitative estimate of drug-likeness (QED) is 0.203. The molecule has 1 amide bonds. The maximum Gasteiger partial charge on any atom is 0.271 e. The molecule has 1 N–H and O–H groups in total. The molecule has 3 aromatic rings. The molecule has 3 rings (SSSR count). The number of benzene rings is 3. The molecular formula is C26H26BrN3O5S. The Hall–Kier alpha value is -3.63. The zero-order valence-corrected chi connectivity index (χ0v) is 22.3. The molecule has 0 heterocycles. The van der Waals surface area contributed by atoms with Crippen LogP contribution in [0.4, 0.5) is 5.69 Å². The molecule has 8 nitrogen and oxygen atoms in total. The average Bonchev–Trinajstić information content (AvgIpc) is 2.86. The number of nitrogens with one attached hydrogen (secondary N) is 1. The van der Waals surface area contributed by atoms with Gasteiger partial charge in [-0.3, -0.25) is 9.10 Å². The Morgan fingerprint density at radius 2 is 1.83 bits per heavy atom. The molecule has 0 aliphatic heterocycles. The van der Waals surface area contributed by atoms with Gasteiger partial charge in [0.2, 0.25) is 10.0 Å². The van der Waals surface area contributed by atoms with E-state index in [1.807, 2.05) is 6.07 Å². The second-order valence-corrected chi connectivity index (χ2v) is 10.4. The summed E-state index contributed by atoms with van der Waals surface area (Å²) >= 11 is 3.45. The second kappa shape index (κ2) is 12.4. The number of sulfonamides is 1. The zero-order chi connectivity index (χ0) is 26.1. The van der Waals surface area contributed by atoms with E-state index >= 15 is 0 Å². The number of hydrogen-bond acceptors (Lipinski definition) is 6. The fraction of sp³-hybridized carbons (Fsp3) is 0.154. The molecule has 10 heteroatoms. The maximum absolute atomic E-state index is 12.5. The first-order valence-corrected chi connectivity index (χ1v) is 13.4. The maximum atomic E-state index is 12.5. The number of para-hydroxylation sites is 1. The van der Waals surface area contributed by atoms with Crippen LogP contribution in [0.15, 0.2) is 89.0 Å². The Bertz CT molecular complexity index is 1340. The topological polar surface area (TPSA) is 97.3 Å². The van der Waals surface area contributed by atoms with Crippen molar-refractivity contribution in [2.75, 3.05) is 24.3 Å². The van der Waals surface area contributed by atoms with Crippen molar-refractivity contribution in [1.29, 1.82) is 0 Å².